The molecule has 0 radical (unpaired) electrons. The highest BCUT2D eigenvalue weighted by Gasteiger charge is 2.34. The Hall–Kier alpha value is -1.59. The van der Waals surface area contributed by atoms with Crippen LogP contribution in [0.4, 0.5) is 17.6 Å². The molecule has 0 saturated heterocycles. The highest BCUT2D eigenvalue weighted by Crippen LogP contribution is 2.35. The fraction of sp³-hybridized carbons (Fsp3) is 0.222. The van der Waals surface area contributed by atoms with Gasteiger partial charge in [0.2, 0.25) is 5.95 Å². The van der Waals surface area contributed by atoms with Gasteiger partial charge in [0, 0.05) is 0 Å². The lowest BCUT2D eigenvalue weighted by Gasteiger charge is -2.07. The Morgan fingerprint density at radius 2 is 1.93 bits per heavy atom. The Labute approximate surface area is 81.9 Å². The predicted octanol–water partition coefficient (Wildman–Crippen LogP) is 3.03. The van der Waals surface area contributed by atoms with E-state index in [0.717, 1.165) is 6.07 Å². The summed E-state index contributed by atoms with van der Waals surface area (Å²) in [6, 6.07) is 2.27. The number of hydrogen-bond acceptors (Lipinski definition) is 1. The zero-order valence-corrected chi connectivity index (χ0v) is 7.61. The van der Waals surface area contributed by atoms with E-state index in [0.29, 0.717) is 5.56 Å². The standard InChI is InChI=1S/C9H6F4N2/c1-4-2-5-7(14-15-8(5)10)6(3-4)9(11,12)13/h2-3H,1H3,(H,14,15). The molecule has 0 saturated carbocycles. The summed E-state index contributed by atoms with van der Waals surface area (Å²) in [5.41, 5.74) is -0.960. The number of aryl methyl sites for hydroxylation is 1. The number of nitrogens with one attached hydrogen (secondary N) is 1. The first-order chi connectivity index (χ1) is 6.89. The minimum Gasteiger partial charge on any atom is -0.252 e. The summed E-state index contributed by atoms with van der Waals surface area (Å²) in [6.07, 6.45) is -4.52. The third-order valence-electron chi connectivity index (χ3n) is 2.06. The lowest BCUT2D eigenvalue weighted by Crippen LogP contribution is -2.06. The Balaban J connectivity index is 2.84. The van der Waals surface area contributed by atoms with Gasteiger partial charge in [0.25, 0.3) is 0 Å². The van der Waals surface area contributed by atoms with Crippen molar-refractivity contribution >= 4 is 10.9 Å². The van der Waals surface area contributed by atoms with E-state index < -0.39 is 17.7 Å². The van der Waals surface area contributed by atoms with Crippen molar-refractivity contribution in [1.29, 1.82) is 0 Å². The second kappa shape index (κ2) is 2.95. The normalized spacial score (nSPS) is 12.3. The SMILES string of the molecule is Cc1cc(C(F)(F)F)c2n[nH]c(F)c2c1. The highest BCUT2D eigenvalue weighted by molar-refractivity contribution is 5.83. The molecule has 0 fully saturated rings. The first-order valence-corrected chi connectivity index (χ1v) is 4.11. The topological polar surface area (TPSA) is 28.7 Å². The summed E-state index contributed by atoms with van der Waals surface area (Å²) in [5.74, 6) is -0.848. The first kappa shape index (κ1) is 9.95. The van der Waals surface area contributed by atoms with Crippen molar-refractivity contribution in [1.82, 2.24) is 10.2 Å². The molecule has 0 unspecified atom stereocenters. The van der Waals surface area contributed by atoms with Crippen LogP contribution >= 0.6 is 0 Å². The molecular weight excluding hydrogens is 212 g/mol. The van der Waals surface area contributed by atoms with Crippen molar-refractivity contribution in [3.8, 4) is 0 Å². The first-order valence-electron chi connectivity index (χ1n) is 4.11. The predicted molar refractivity (Wildman–Crippen MR) is 45.8 cm³/mol. The number of halogens is 4. The van der Waals surface area contributed by atoms with Gasteiger partial charge >= 0.3 is 6.18 Å². The van der Waals surface area contributed by atoms with Crippen molar-refractivity contribution in [3.05, 3.63) is 29.2 Å². The maximum Gasteiger partial charge on any atom is 0.418 e. The summed E-state index contributed by atoms with van der Waals surface area (Å²) in [7, 11) is 0. The van der Waals surface area contributed by atoms with Crippen molar-refractivity contribution < 1.29 is 17.6 Å². The maximum atomic E-state index is 13.0. The van der Waals surface area contributed by atoms with Crippen LogP contribution in [0.2, 0.25) is 0 Å². The highest BCUT2D eigenvalue weighted by atomic mass is 19.4. The zero-order chi connectivity index (χ0) is 11.2. The van der Waals surface area contributed by atoms with Gasteiger partial charge in [-0.1, -0.05) is 0 Å². The molecule has 0 amide bonds. The molecule has 0 aliphatic heterocycles. The van der Waals surface area contributed by atoms with Gasteiger partial charge in [0.05, 0.1) is 10.9 Å². The molecule has 0 bridgehead atoms. The molecule has 1 aromatic carbocycles. The van der Waals surface area contributed by atoms with Crippen LogP contribution in [0.1, 0.15) is 11.1 Å². The molecule has 1 heterocycles. The fourth-order valence-electron chi connectivity index (χ4n) is 1.45. The van der Waals surface area contributed by atoms with Crippen LogP contribution in [-0.2, 0) is 6.18 Å². The molecule has 2 aromatic rings. The lowest BCUT2D eigenvalue weighted by molar-refractivity contribution is -0.136. The number of nitrogens with zero attached hydrogens (tertiary/aromatic N) is 1. The molecule has 0 aliphatic carbocycles. The molecule has 2 rings (SSSR count). The van der Waals surface area contributed by atoms with E-state index in [9.17, 15) is 17.6 Å². The van der Waals surface area contributed by atoms with E-state index in [1.165, 1.54) is 13.0 Å². The van der Waals surface area contributed by atoms with Crippen LogP contribution in [0.25, 0.3) is 10.9 Å². The molecule has 1 N–H and O–H groups in total. The fourth-order valence-corrected chi connectivity index (χ4v) is 1.45. The van der Waals surface area contributed by atoms with E-state index in [-0.39, 0.29) is 10.9 Å². The summed E-state index contributed by atoms with van der Waals surface area (Å²) in [4.78, 5) is 0. The quantitative estimate of drug-likeness (QED) is 0.676. The molecular formula is C9H6F4N2. The van der Waals surface area contributed by atoms with Crippen LogP contribution in [0.3, 0.4) is 0 Å². The van der Waals surface area contributed by atoms with Gasteiger partial charge < -0.3 is 0 Å². The van der Waals surface area contributed by atoms with Gasteiger partial charge in [-0.05, 0) is 24.6 Å². The second-order valence-electron chi connectivity index (χ2n) is 3.24. The van der Waals surface area contributed by atoms with Crippen molar-refractivity contribution in [2.45, 2.75) is 13.1 Å². The van der Waals surface area contributed by atoms with Crippen LogP contribution < -0.4 is 0 Å². The van der Waals surface area contributed by atoms with Crippen molar-refractivity contribution in [2.24, 2.45) is 0 Å². The van der Waals surface area contributed by atoms with Crippen molar-refractivity contribution in [3.63, 3.8) is 0 Å². The van der Waals surface area contributed by atoms with Gasteiger partial charge in [0.1, 0.15) is 5.52 Å². The maximum absolute atomic E-state index is 13.0. The van der Waals surface area contributed by atoms with E-state index in [1.54, 1.807) is 0 Å². The molecule has 0 spiro atoms. The molecule has 6 heteroatoms. The van der Waals surface area contributed by atoms with Gasteiger partial charge in [-0.3, -0.25) is 5.10 Å². The zero-order valence-electron chi connectivity index (χ0n) is 7.61. The van der Waals surface area contributed by atoms with Crippen molar-refractivity contribution in [2.75, 3.05) is 0 Å². The number of alkyl halides is 3. The monoisotopic (exact) mass is 218 g/mol. The number of rotatable bonds is 0. The summed E-state index contributed by atoms with van der Waals surface area (Å²) < 4.78 is 50.6. The number of fused-ring (bicyclic) bond motifs is 1. The summed E-state index contributed by atoms with van der Waals surface area (Å²) >= 11 is 0. The minimum absolute atomic E-state index is 0.137. The van der Waals surface area contributed by atoms with Crippen LogP contribution in [0, 0.1) is 12.9 Å². The molecule has 0 atom stereocenters. The number of aromatic amines is 1. The van der Waals surface area contributed by atoms with E-state index in [4.69, 9.17) is 0 Å². The Morgan fingerprint density at radius 3 is 2.53 bits per heavy atom. The lowest BCUT2D eigenvalue weighted by atomic mass is 10.1. The summed E-state index contributed by atoms with van der Waals surface area (Å²) in [6.45, 7) is 1.47. The summed E-state index contributed by atoms with van der Waals surface area (Å²) in [5, 5.41) is 5.07. The van der Waals surface area contributed by atoms with Gasteiger partial charge in [-0.25, -0.2) is 0 Å². The molecule has 1 aromatic heterocycles. The van der Waals surface area contributed by atoms with E-state index >= 15 is 0 Å². The average Bonchev–Trinajstić information content (AvgIpc) is 2.45. The molecule has 80 valence electrons. The average molecular weight is 218 g/mol. The number of hydrogen-bond donors (Lipinski definition) is 1. The Kier molecular flexibility index (Phi) is 1.95. The second-order valence-corrected chi connectivity index (χ2v) is 3.24. The number of H-pyrrole nitrogens is 1. The van der Waals surface area contributed by atoms with Crippen LogP contribution in [0.5, 0.6) is 0 Å². The van der Waals surface area contributed by atoms with Crippen LogP contribution in [0.15, 0.2) is 12.1 Å². The van der Waals surface area contributed by atoms with Gasteiger partial charge in [0.15, 0.2) is 0 Å². The Bertz CT molecular complexity index is 513. The minimum atomic E-state index is -4.52. The van der Waals surface area contributed by atoms with Crippen LogP contribution in [-0.4, -0.2) is 10.2 Å². The van der Waals surface area contributed by atoms with Gasteiger partial charge in [-0.15, -0.1) is 0 Å². The van der Waals surface area contributed by atoms with E-state index in [1.807, 2.05) is 5.10 Å². The smallest absolute Gasteiger partial charge is 0.252 e. The third-order valence-corrected chi connectivity index (χ3v) is 2.06. The third kappa shape index (κ3) is 1.55. The largest absolute Gasteiger partial charge is 0.418 e. The van der Waals surface area contributed by atoms with E-state index in [2.05, 4.69) is 5.10 Å². The molecule has 2 nitrogen and oxygen atoms in total. The molecule has 15 heavy (non-hydrogen) atoms. The molecule has 0 aliphatic rings. The number of aromatic nitrogens is 2. The number of benzene rings is 1. The van der Waals surface area contributed by atoms with Gasteiger partial charge in [-0.2, -0.15) is 22.7 Å². The Morgan fingerprint density at radius 1 is 1.27 bits per heavy atom.